The minimum Gasteiger partial charge on any atom is -0.494 e. The summed E-state index contributed by atoms with van der Waals surface area (Å²) < 4.78 is 11.3. The number of carbonyl (C=O) groups excluding carboxylic acids is 1. The highest BCUT2D eigenvalue weighted by atomic mass is 32.1. The van der Waals surface area contributed by atoms with E-state index in [1.54, 1.807) is 6.20 Å². The quantitative estimate of drug-likeness (QED) is 0.394. The lowest BCUT2D eigenvalue weighted by atomic mass is 10.2. The maximum Gasteiger partial charge on any atom is 0.230 e. The predicted molar refractivity (Wildman–Crippen MR) is 122 cm³/mol. The molecule has 0 atom stereocenters. The molecule has 1 amide bonds. The van der Waals surface area contributed by atoms with Crippen LogP contribution in [-0.2, 0) is 11.2 Å². The van der Waals surface area contributed by atoms with E-state index >= 15 is 0 Å². The molecule has 0 fully saturated rings. The molecule has 0 unspecified atom stereocenters. The van der Waals surface area contributed by atoms with Gasteiger partial charge in [-0.2, -0.15) is 0 Å². The standard InChI is InChI=1S/C24H21N3O3S/c1-2-29-19-10-12-21(13-11-19)30-20-8-6-17(7-9-20)26-23(28)15-18-16-31-24(27-18)22-5-3-4-14-25-22/h3-14,16H,2,15H2,1H3,(H,26,28). The predicted octanol–water partition coefficient (Wildman–Crippen LogP) is 5.58. The second-order valence-corrected chi connectivity index (χ2v) is 7.47. The molecule has 6 nitrogen and oxygen atoms in total. The van der Waals surface area contributed by atoms with Crippen molar-refractivity contribution in [2.75, 3.05) is 11.9 Å². The Morgan fingerprint density at radius 1 is 0.968 bits per heavy atom. The Hall–Kier alpha value is -3.71. The van der Waals surface area contributed by atoms with Crippen LogP contribution in [0.4, 0.5) is 5.69 Å². The van der Waals surface area contributed by atoms with Crippen LogP contribution in [0, 0.1) is 0 Å². The zero-order chi connectivity index (χ0) is 21.5. The summed E-state index contributed by atoms with van der Waals surface area (Å²) in [5, 5.41) is 5.58. The third kappa shape index (κ3) is 5.67. The molecule has 0 bridgehead atoms. The van der Waals surface area contributed by atoms with Gasteiger partial charge in [0.2, 0.25) is 5.91 Å². The number of nitrogens with one attached hydrogen (secondary N) is 1. The third-order valence-corrected chi connectivity index (χ3v) is 5.20. The van der Waals surface area contributed by atoms with E-state index in [0.717, 1.165) is 22.1 Å². The number of hydrogen-bond acceptors (Lipinski definition) is 6. The van der Waals surface area contributed by atoms with Gasteiger partial charge in [0.15, 0.2) is 0 Å². The number of thiazole rings is 1. The summed E-state index contributed by atoms with van der Waals surface area (Å²) in [7, 11) is 0. The molecule has 31 heavy (non-hydrogen) atoms. The first-order chi connectivity index (χ1) is 15.2. The molecule has 0 saturated carbocycles. The Balaban J connectivity index is 1.31. The summed E-state index contributed by atoms with van der Waals surface area (Å²) in [4.78, 5) is 21.2. The van der Waals surface area contributed by atoms with Gasteiger partial charge in [0.05, 0.1) is 24.4 Å². The van der Waals surface area contributed by atoms with Crippen molar-refractivity contribution in [3.8, 4) is 28.0 Å². The van der Waals surface area contributed by atoms with Crippen molar-refractivity contribution in [1.29, 1.82) is 0 Å². The van der Waals surface area contributed by atoms with E-state index in [-0.39, 0.29) is 12.3 Å². The Kier molecular flexibility index (Phi) is 6.54. The van der Waals surface area contributed by atoms with E-state index in [4.69, 9.17) is 9.47 Å². The molecule has 2 heterocycles. The van der Waals surface area contributed by atoms with Crippen LogP contribution in [0.15, 0.2) is 78.3 Å². The SMILES string of the molecule is CCOc1ccc(Oc2ccc(NC(=O)Cc3csc(-c4ccccn4)n3)cc2)cc1. The first-order valence-electron chi connectivity index (χ1n) is 9.86. The van der Waals surface area contributed by atoms with Gasteiger partial charge >= 0.3 is 0 Å². The molecular formula is C24H21N3O3S. The number of aromatic nitrogens is 2. The lowest BCUT2D eigenvalue weighted by Gasteiger charge is -2.09. The second kappa shape index (κ2) is 9.86. The van der Waals surface area contributed by atoms with Crippen LogP contribution in [0.2, 0.25) is 0 Å². The fourth-order valence-corrected chi connectivity index (χ4v) is 3.67. The van der Waals surface area contributed by atoms with Crippen molar-refractivity contribution in [1.82, 2.24) is 9.97 Å². The molecule has 0 spiro atoms. The Morgan fingerprint density at radius 2 is 1.68 bits per heavy atom. The molecule has 156 valence electrons. The number of anilines is 1. The average Bonchev–Trinajstić information content (AvgIpc) is 3.25. The van der Waals surface area contributed by atoms with Crippen LogP contribution in [0.25, 0.3) is 10.7 Å². The summed E-state index contributed by atoms with van der Waals surface area (Å²) >= 11 is 1.48. The molecule has 0 aliphatic carbocycles. The van der Waals surface area contributed by atoms with Crippen molar-refractivity contribution in [3.05, 3.63) is 84.0 Å². The third-order valence-electron chi connectivity index (χ3n) is 4.29. The van der Waals surface area contributed by atoms with Gasteiger partial charge in [-0.15, -0.1) is 11.3 Å². The van der Waals surface area contributed by atoms with E-state index in [2.05, 4.69) is 15.3 Å². The number of pyridine rings is 1. The number of carbonyl (C=O) groups is 1. The van der Waals surface area contributed by atoms with E-state index < -0.39 is 0 Å². The van der Waals surface area contributed by atoms with Crippen LogP contribution < -0.4 is 14.8 Å². The molecule has 1 N–H and O–H groups in total. The Morgan fingerprint density at radius 3 is 2.35 bits per heavy atom. The van der Waals surface area contributed by atoms with Gasteiger partial charge in [-0.05, 0) is 67.6 Å². The zero-order valence-corrected chi connectivity index (χ0v) is 17.8. The molecule has 0 radical (unpaired) electrons. The highest BCUT2D eigenvalue weighted by Crippen LogP contribution is 2.25. The second-order valence-electron chi connectivity index (χ2n) is 6.61. The van der Waals surface area contributed by atoms with Crippen molar-refractivity contribution in [2.45, 2.75) is 13.3 Å². The van der Waals surface area contributed by atoms with Gasteiger partial charge in [0.1, 0.15) is 22.3 Å². The average molecular weight is 432 g/mol. The van der Waals surface area contributed by atoms with Crippen LogP contribution in [0.5, 0.6) is 17.2 Å². The zero-order valence-electron chi connectivity index (χ0n) is 16.9. The number of amides is 1. The molecular weight excluding hydrogens is 410 g/mol. The number of hydrogen-bond donors (Lipinski definition) is 1. The molecule has 2 aromatic carbocycles. The number of benzene rings is 2. The maximum absolute atomic E-state index is 12.4. The van der Waals surface area contributed by atoms with Gasteiger partial charge in [-0.25, -0.2) is 4.98 Å². The summed E-state index contributed by atoms with van der Waals surface area (Å²) in [6.07, 6.45) is 1.93. The maximum atomic E-state index is 12.4. The Labute approximate surface area is 184 Å². The molecule has 7 heteroatoms. The first kappa shape index (κ1) is 20.6. The van der Waals surface area contributed by atoms with Crippen LogP contribution in [-0.4, -0.2) is 22.5 Å². The smallest absolute Gasteiger partial charge is 0.230 e. The highest BCUT2D eigenvalue weighted by Gasteiger charge is 2.10. The number of ether oxygens (including phenoxy) is 2. The lowest BCUT2D eigenvalue weighted by Crippen LogP contribution is -2.14. The molecule has 4 rings (SSSR count). The molecule has 0 aliphatic rings. The number of nitrogens with zero attached hydrogens (tertiary/aromatic N) is 2. The minimum absolute atomic E-state index is 0.127. The topological polar surface area (TPSA) is 73.3 Å². The Bertz CT molecular complexity index is 1130. The van der Waals surface area contributed by atoms with Crippen molar-refractivity contribution < 1.29 is 14.3 Å². The fourth-order valence-electron chi connectivity index (χ4n) is 2.88. The van der Waals surface area contributed by atoms with Gasteiger partial charge in [0, 0.05) is 17.3 Å². The number of rotatable bonds is 8. The monoisotopic (exact) mass is 431 g/mol. The molecule has 0 saturated heterocycles. The lowest BCUT2D eigenvalue weighted by molar-refractivity contribution is -0.115. The summed E-state index contributed by atoms with van der Waals surface area (Å²) in [5.41, 5.74) is 2.23. The van der Waals surface area contributed by atoms with Gasteiger partial charge < -0.3 is 14.8 Å². The van der Waals surface area contributed by atoms with Gasteiger partial charge in [-0.1, -0.05) is 6.07 Å². The minimum atomic E-state index is -0.127. The summed E-state index contributed by atoms with van der Waals surface area (Å²) in [6, 6.07) is 20.4. The fraction of sp³-hybridized carbons (Fsp3) is 0.125. The molecule has 2 aromatic heterocycles. The van der Waals surface area contributed by atoms with Crippen LogP contribution >= 0.6 is 11.3 Å². The normalized spacial score (nSPS) is 10.5. The van der Waals surface area contributed by atoms with Crippen LogP contribution in [0.1, 0.15) is 12.6 Å². The van der Waals surface area contributed by atoms with Gasteiger partial charge in [0.25, 0.3) is 0 Å². The van der Waals surface area contributed by atoms with Gasteiger partial charge in [-0.3, -0.25) is 9.78 Å². The van der Waals surface area contributed by atoms with E-state index in [9.17, 15) is 4.79 Å². The van der Waals surface area contributed by atoms with Crippen molar-refractivity contribution >= 4 is 22.9 Å². The van der Waals surface area contributed by atoms with E-state index in [1.807, 2.05) is 79.0 Å². The van der Waals surface area contributed by atoms with E-state index in [1.165, 1.54) is 11.3 Å². The van der Waals surface area contributed by atoms with E-state index in [0.29, 0.717) is 23.8 Å². The highest BCUT2D eigenvalue weighted by molar-refractivity contribution is 7.13. The summed E-state index contributed by atoms with van der Waals surface area (Å²) in [6.45, 7) is 2.57. The molecule has 0 aliphatic heterocycles. The molecule has 4 aromatic rings. The van der Waals surface area contributed by atoms with Crippen LogP contribution in [0.3, 0.4) is 0 Å². The van der Waals surface area contributed by atoms with Crippen molar-refractivity contribution in [2.24, 2.45) is 0 Å². The first-order valence-corrected chi connectivity index (χ1v) is 10.7. The largest absolute Gasteiger partial charge is 0.494 e. The summed E-state index contributed by atoms with van der Waals surface area (Å²) in [5.74, 6) is 2.08. The van der Waals surface area contributed by atoms with Crippen molar-refractivity contribution in [3.63, 3.8) is 0 Å².